The average molecular weight is 453 g/mol. The van der Waals surface area contributed by atoms with E-state index in [0.29, 0.717) is 18.3 Å². The van der Waals surface area contributed by atoms with Gasteiger partial charge in [-0.3, -0.25) is 14.5 Å². The molecule has 174 valence electrons. The van der Waals surface area contributed by atoms with Gasteiger partial charge in [0.05, 0.1) is 5.69 Å². The lowest BCUT2D eigenvalue weighted by molar-refractivity contribution is -0.126. The van der Waals surface area contributed by atoms with Gasteiger partial charge in [-0.25, -0.2) is 4.39 Å². The summed E-state index contributed by atoms with van der Waals surface area (Å²) < 4.78 is 14.6. The zero-order chi connectivity index (χ0) is 24.0. The van der Waals surface area contributed by atoms with E-state index in [4.69, 9.17) is 0 Å². The molecule has 0 radical (unpaired) electrons. The number of rotatable bonds is 9. The molecular weight excluding hydrogens is 423 g/mol. The van der Waals surface area contributed by atoms with E-state index in [1.54, 1.807) is 13.0 Å². The average Bonchev–Trinajstić information content (AvgIpc) is 3.23. The molecule has 0 aliphatic heterocycles. The summed E-state index contributed by atoms with van der Waals surface area (Å²) in [6.45, 7) is 7.84. The normalized spacial score (nSPS) is 11.9. The van der Waals surface area contributed by atoms with Crippen LogP contribution < -0.4 is 10.2 Å². The first-order chi connectivity index (χ1) is 15.8. The maximum absolute atomic E-state index is 14.6. The van der Waals surface area contributed by atoms with Crippen molar-refractivity contribution < 1.29 is 14.0 Å². The molecule has 0 aliphatic rings. The standard InChI is InChI=1S/C24H29FN6O2/c1-16(2)13-14-26-24(33)18(4)31(21-8-6-5-7-20(21)25)22(32)15-30-28-23(27-29-30)19-11-9-17(3)10-12-19/h5-12,16,18H,13-15H2,1-4H3,(H,26,33). The van der Waals surface area contributed by atoms with Crippen molar-refractivity contribution >= 4 is 17.5 Å². The van der Waals surface area contributed by atoms with Crippen molar-refractivity contribution in [1.82, 2.24) is 25.5 Å². The van der Waals surface area contributed by atoms with Gasteiger partial charge in [0.1, 0.15) is 18.4 Å². The smallest absolute Gasteiger partial charge is 0.251 e. The Morgan fingerprint density at radius 2 is 1.79 bits per heavy atom. The zero-order valence-electron chi connectivity index (χ0n) is 19.3. The number of amides is 2. The molecule has 1 aromatic heterocycles. The minimum Gasteiger partial charge on any atom is -0.354 e. The molecule has 2 aromatic carbocycles. The Morgan fingerprint density at radius 3 is 2.45 bits per heavy atom. The Kier molecular flexibility index (Phi) is 7.87. The van der Waals surface area contributed by atoms with Crippen LogP contribution in [0, 0.1) is 18.7 Å². The van der Waals surface area contributed by atoms with Crippen molar-refractivity contribution in [2.24, 2.45) is 5.92 Å². The number of tetrazole rings is 1. The third-order valence-corrected chi connectivity index (χ3v) is 5.21. The first-order valence-corrected chi connectivity index (χ1v) is 11.0. The predicted molar refractivity (Wildman–Crippen MR) is 124 cm³/mol. The van der Waals surface area contributed by atoms with E-state index in [1.807, 2.05) is 31.2 Å². The van der Waals surface area contributed by atoms with Gasteiger partial charge in [0.25, 0.3) is 5.91 Å². The van der Waals surface area contributed by atoms with Crippen molar-refractivity contribution in [3.05, 3.63) is 59.9 Å². The van der Waals surface area contributed by atoms with Gasteiger partial charge in [0, 0.05) is 12.1 Å². The van der Waals surface area contributed by atoms with Gasteiger partial charge in [-0.15, -0.1) is 10.2 Å². The number of hydrogen-bond acceptors (Lipinski definition) is 5. The van der Waals surface area contributed by atoms with E-state index in [-0.39, 0.29) is 18.1 Å². The number of benzene rings is 2. The lowest BCUT2D eigenvalue weighted by Crippen LogP contribution is -2.50. The monoisotopic (exact) mass is 452 g/mol. The number of nitrogens with one attached hydrogen (secondary N) is 1. The maximum atomic E-state index is 14.6. The Bertz CT molecular complexity index is 1100. The van der Waals surface area contributed by atoms with Crippen molar-refractivity contribution in [2.75, 3.05) is 11.4 Å². The third-order valence-electron chi connectivity index (χ3n) is 5.21. The lowest BCUT2D eigenvalue weighted by Gasteiger charge is -2.28. The molecule has 0 fully saturated rings. The molecule has 3 rings (SSSR count). The number of para-hydroxylation sites is 1. The van der Waals surface area contributed by atoms with Crippen LogP contribution in [0.15, 0.2) is 48.5 Å². The molecule has 2 amide bonds. The molecule has 33 heavy (non-hydrogen) atoms. The number of hydrogen-bond donors (Lipinski definition) is 1. The summed E-state index contributed by atoms with van der Waals surface area (Å²) in [5.74, 6) is -0.691. The van der Waals surface area contributed by atoms with E-state index < -0.39 is 17.8 Å². The van der Waals surface area contributed by atoms with Crippen LogP contribution in [-0.4, -0.2) is 44.6 Å². The molecule has 1 atom stereocenters. The van der Waals surface area contributed by atoms with Gasteiger partial charge in [-0.05, 0) is 43.5 Å². The minimum absolute atomic E-state index is 0.0212. The van der Waals surface area contributed by atoms with E-state index >= 15 is 0 Å². The van der Waals surface area contributed by atoms with Crippen molar-refractivity contribution in [3.63, 3.8) is 0 Å². The Morgan fingerprint density at radius 1 is 1.09 bits per heavy atom. The summed E-state index contributed by atoms with van der Waals surface area (Å²) in [5.41, 5.74) is 1.89. The van der Waals surface area contributed by atoms with E-state index in [0.717, 1.165) is 27.2 Å². The highest BCUT2D eigenvalue weighted by Gasteiger charge is 2.30. The van der Waals surface area contributed by atoms with E-state index in [1.165, 1.54) is 18.2 Å². The number of nitrogens with zero attached hydrogens (tertiary/aromatic N) is 5. The molecule has 9 heteroatoms. The first-order valence-electron chi connectivity index (χ1n) is 11.0. The fourth-order valence-corrected chi connectivity index (χ4v) is 3.28. The molecule has 0 saturated heterocycles. The quantitative estimate of drug-likeness (QED) is 0.537. The molecule has 1 heterocycles. The summed E-state index contributed by atoms with van der Waals surface area (Å²) in [6.07, 6.45) is 0.802. The van der Waals surface area contributed by atoms with Crippen LogP contribution >= 0.6 is 0 Å². The first kappa shape index (κ1) is 24.0. The van der Waals surface area contributed by atoms with Crippen LogP contribution in [-0.2, 0) is 16.1 Å². The summed E-state index contributed by atoms with van der Waals surface area (Å²) in [5, 5.41) is 15.1. The number of carbonyl (C=O) groups is 2. The zero-order valence-corrected chi connectivity index (χ0v) is 19.3. The summed E-state index contributed by atoms with van der Waals surface area (Å²) in [7, 11) is 0. The second-order valence-electron chi connectivity index (χ2n) is 8.37. The Labute approximate surface area is 192 Å². The molecule has 1 unspecified atom stereocenters. The molecule has 3 aromatic rings. The van der Waals surface area contributed by atoms with Crippen LogP contribution in [0.4, 0.5) is 10.1 Å². The fraction of sp³-hybridized carbons (Fsp3) is 0.375. The van der Waals surface area contributed by atoms with Gasteiger partial charge < -0.3 is 5.32 Å². The topological polar surface area (TPSA) is 93.0 Å². The van der Waals surface area contributed by atoms with Gasteiger partial charge in [-0.1, -0.05) is 55.8 Å². The van der Waals surface area contributed by atoms with Gasteiger partial charge in [0.15, 0.2) is 0 Å². The molecule has 0 aliphatic carbocycles. The summed E-state index contributed by atoms with van der Waals surface area (Å²) in [6, 6.07) is 12.5. The molecule has 0 spiro atoms. The molecule has 1 N–H and O–H groups in total. The van der Waals surface area contributed by atoms with Crippen LogP contribution in [0.2, 0.25) is 0 Å². The summed E-state index contributed by atoms with van der Waals surface area (Å²) in [4.78, 5) is 28.3. The predicted octanol–water partition coefficient (Wildman–Crippen LogP) is 3.37. The van der Waals surface area contributed by atoms with Crippen LogP contribution in [0.25, 0.3) is 11.4 Å². The highest BCUT2D eigenvalue weighted by molar-refractivity contribution is 6.00. The van der Waals surface area contributed by atoms with Gasteiger partial charge in [0.2, 0.25) is 11.7 Å². The fourth-order valence-electron chi connectivity index (χ4n) is 3.28. The van der Waals surface area contributed by atoms with Crippen molar-refractivity contribution in [2.45, 2.75) is 46.7 Å². The van der Waals surface area contributed by atoms with Crippen LogP contribution in [0.3, 0.4) is 0 Å². The third kappa shape index (κ3) is 6.21. The minimum atomic E-state index is -0.929. The van der Waals surface area contributed by atoms with Crippen LogP contribution in [0.1, 0.15) is 32.8 Å². The molecule has 0 saturated carbocycles. The molecule has 8 nitrogen and oxygen atoms in total. The largest absolute Gasteiger partial charge is 0.354 e. The van der Waals surface area contributed by atoms with Crippen molar-refractivity contribution in [1.29, 1.82) is 0 Å². The highest BCUT2D eigenvalue weighted by Crippen LogP contribution is 2.22. The second kappa shape index (κ2) is 10.8. The SMILES string of the molecule is Cc1ccc(-c2nnn(CC(=O)N(c3ccccc3F)C(C)C(=O)NCCC(C)C)n2)cc1. The van der Waals surface area contributed by atoms with Gasteiger partial charge in [-0.2, -0.15) is 4.80 Å². The lowest BCUT2D eigenvalue weighted by atomic mass is 10.1. The highest BCUT2D eigenvalue weighted by atomic mass is 19.1. The van der Waals surface area contributed by atoms with Gasteiger partial charge >= 0.3 is 0 Å². The molecule has 0 bridgehead atoms. The Hall–Kier alpha value is -3.62. The van der Waals surface area contributed by atoms with Crippen molar-refractivity contribution in [3.8, 4) is 11.4 Å². The number of aromatic nitrogens is 4. The maximum Gasteiger partial charge on any atom is 0.251 e. The number of carbonyl (C=O) groups excluding carboxylic acids is 2. The number of aryl methyl sites for hydroxylation is 1. The number of anilines is 1. The van der Waals surface area contributed by atoms with E-state index in [2.05, 4.69) is 34.6 Å². The second-order valence-corrected chi connectivity index (χ2v) is 8.37. The molecular formula is C24H29FN6O2. The Balaban J connectivity index is 1.80. The van der Waals surface area contributed by atoms with E-state index in [9.17, 15) is 14.0 Å². The number of halogens is 1. The summed E-state index contributed by atoms with van der Waals surface area (Å²) >= 11 is 0. The van der Waals surface area contributed by atoms with Crippen LogP contribution in [0.5, 0.6) is 0 Å².